The normalized spacial score (nSPS) is 38.5. The molecule has 0 aromatic heterocycles. The Labute approximate surface area is 80.1 Å². The van der Waals surface area contributed by atoms with Gasteiger partial charge in [0, 0.05) is 23.9 Å². The van der Waals surface area contributed by atoms with E-state index < -0.39 is 0 Å². The molecule has 13 heavy (non-hydrogen) atoms. The second kappa shape index (κ2) is 3.09. The number of fused-ring (bicyclic) bond motifs is 1. The first-order valence-electron chi connectivity index (χ1n) is 5.39. The quantitative estimate of drug-likeness (QED) is 0.618. The van der Waals surface area contributed by atoms with Crippen LogP contribution in [-0.2, 0) is 4.79 Å². The van der Waals surface area contributed by atoms with Crippen LogP contribution in [-0.4, -0.2) is 17.4 Å². The Kier molecular flexibility index (Phi) is 2.18. The summed E-state index contributed by atoms with van der Waals surface area (Å²) < 4.78 is 0. The van der Waals surface area contributed by atoms with Crippen LogP contribution in [0.15, 0.2) is 0 Å². The molecule has 2 rings (SSSR count). The first-order valence-corrected chi connectivity index (χ1v) is 5.39. The lowest BCUT2D eigenvalue weighted by Crippen LogP contribution is -2.58. The molecular formula is C11H19NO. The van der Waals surface area contributed by atoms with Crippen molar-refractivity contribution in [3.8, 4) is 0 Å². The maximum atomic E-state index is 11.8. The van der Waals surface area contributed by atoms with E-state index in [2.05, 4.69) is 19.2 Å². The number of rotatable bonds is 0. The highest BCUT2D eigenvalue weighted by Gasteiger charge is 2.40. The Bertz CT molecular complexity index is 222. The SMILES string of the molecule is CC1(C)CC(=O)[C@@H]2CCCC[C@H]2N1. The van der Waals surface area contributed by atoms with E-state index in [1.165, 1.54) is 19.3 Å². The molecule has 0 aromatic rings. The van der Waals surface area contributed by atoms with Gasteiger partial charge in [0.15, 0.2) is 0 Å². The highest BCUT2D eigenvalue weighted by atomic mass is 16.1. The van der Waals surface area contributed by atoms with Gasteiger partial charge in [-0.2, -0.15) is 0 Å². The zero-order valence-corrected chi connectivity index (χ0v) is 8.60. The molecule has 2 heteroatoms. The molecule has 2 atom stereocenters. The number of hydrogen-bond donors (Lipinski definition) is 1. The average molecular weight is 181 g/mol. The largest absolute Gasteiger partial charge is 0.308 e. The summed E-state index contributed by atoms with van der Waals surface area (Å²) >= 11 is 0. The summed E-state index contributed by atoms with van der Waals surface area (Å²) in [6.07, 6.45) is 5.56. The fraction of sp³-hybridized carbons (Fsp3) is 0.909. The van der Waals surface area contributed by atoms with Crippen LogP contribution in [0.2, 0.25) is 0 Å². The van der Waals surface area contributed by atoms with Gasteiger partial charge in [-0.3, -0.25) is 4.79 Å². The summed E-state index contributed by atoms with van der Waals surface area (Å²) in [5, 5.41) is 3.60. The lowest BCUT2D eigenvalue weighted by atomic mass is 9.74. The summed E-state index contributed by atoms with van der Waals surface area (Å²) in [6.45, 7) is 4.27. The minimum atomic E-state index is 0.0373. The molecule has 0 amide bonds. The predicted molar refractivity (Wildman–Crippen MR) is 52.6 cm³/mol. The predicted octanol–water partition coefficient (Wildman–Crippen LogP) is 1.89. The molecule has 1 aliphatic heterocycles. The number of ketones is 1. The van der Waals surface area contributed by atoms with Crippen molar-refractivity contribution >= 4 is 5.78 Å². The van der Waals surface area contributed by atoms with Crippen LogP contribution in [0.4, 0.5) is 0 Å². The van der Waals surface area contributed by atoms with E-state index in [-0.39, 0.29) is 5.54 Å². The molecule has 1 saturated heterocycles. The highest BCUT2D eigenvalue weighted by molar-refractivity contribution is 5.83. The van der Waals surface area contributed by atoms with E-state index in [1.54, 1.807) is 0 Å². The Morgan fingerprint density at radius 3 is 2.77 bits per heavy atom. The van der Waals surface area contributed by atoms with Gasteiger partial charge in [0.05, 0.1) is 0 Å². The van der Waals surface area contributed by atoms with Crippen molar-refractivity contribution in [3.63, 3.8) is 0 Å². The summed E-state index contributed by atoms with van der Waals surface area (Å²) in [6, 6.07) is 0.477. The van der Waals surface area contributed by atoms with Crippen LogP contribution in [0.25, 0.3) is 0 Å². The van der Waals surface area contributed by atoms with Crippen molar-refractivity contribution in [2.24, 2.45) is 5.92 Å². The number of nitrogens with one attached hydrogen (secondary N) is 1. The number of hydrogen-bond acceptors (Lipinski definition) is 2. The first-order chi connectivity index (χ1) is 6.08. The maximum absolute atomic E-state index is 11.8. The molecular weight excluding hydrogens is 162 g/mol. The summed E-state index contributed by atoms with van der Waals surface area (Å²) in [7, 11) is 0. The fourth-order valence-electron chi connectivity index (χ4n) is 2.81. The molecule has 0 spiro atoms. The Morgan fingerprint density at radius 1 is 1.31 bits per heavy atom. The molecule has 2 fully saturated rings. The number of Topliss-reactive ketones (excluding diaryl/α,β-unsaturated/α-hetero) is 1. The molecule has 0 aromatic carbocycles. The van der Waals surface area contributed by atoms with Gasteiger partial charge >= 0.3 is 0 Å². The van der Waals surface area contributed by atoms with Gasteiger partial charge < -0.3 is 5.32 Å². The van der Waals surface area contributed by atoms with E-state index in [0.717, 1.165) is 6.42 Å². The summed E-state index contributed by atoms with van der Waals surface area (Å²) in [5.74, 6) is 0.829. The lowest BCUT2D eigenvalue weighted by molar-refractivity contribution is -0.129. The van der Waals surface area contributed by atoms with E-state index in [4.69, 9.17) is 0 Å². The molecule has 1 heterocycles. The number of carbonyl (C=O) groups is 1. The monoisotopic (exact) mass is 181 g/mol. The zero-order valence-electron chi connectivity index (χ0n) is 8.60. The standard InChI is InChI=1S/C11H19NO/c1-11(2)7-10(13)8-5-3-4-6-9(8)12-11/h8-9,12H,3-7H2,1-2H3/t8-,9-/m1/s1. The zero-order chi connectivity index (χ0) is 9.47. The van der Waals surface area contributed by atoms with Gasteiger partial charge in [0.25, 0.3) is 0 Å². The Morgan fingerprint density at radius 2 is 2.00 bits per heavy atom. The van der Waals surface area contributed by atoms with Gasteiger partial charge in [-0.15, -0.1) is 0 Å². The number of carbonyl (C=O) groups excluding carboxylic acids is 1. The third kappa shape index (κ3) is 1.78. The van der Waals surface area contributed by atoms with Gasteiger partial charge in [-0.05, 0) is 26.7 Å². The topological polar surface area (TPSA) is 29.1 Å². The maximum Gasteiger partial charge on any atom is 0.139 e. The highest BCUT2D eigenvalue weighted by Crippen LogP contribution is 2.33. The van der Waals surface area contributed by atoms with Crippen LogP contribution >= 0.6 is 0 Å². The Balaban J connectivity index is 2.12. The molecule has 1 N–H and O–H groups in total. The minimum Gasteiger partial charge on any atom is -0.308 e. The summed E-state index contributed by atoms with van der Waals surface area (Å²) in [4.78, 5) is 11.8. The van der Waals surface area contributed by atoms with Crippen LogP contribution < -0.4 is 5.32 Å². The lowest BCUT2D eigenvalue weighted by Gasteiger charge is -2.43. The molecule has 74 valence electrons. The van der Waals surface area contributed by atoms with Crippen LogP contribution in [0.1, 0.15) is 46.0 Å². The second-order valence-corrected chi connectivity index (χ2v) is 5.17. The van der Waals surface area contributed by atoms with Crippen LogP contribution in [0.5, 0.6) is 0 Å². The smallest absolute Gasteiger partial charge is 0.139 e. The van der Waals surface area contributed by atoms with E-state index in [9.17, 15) is 4.79 Å². The molecule has 2 nitrogen and oxygen atoms in total. The van der Waals surface area contributed by atoms with Gasteiger partial charge in [-0.1, -0.05) is 12.8 Å². The van der Waals surface area contributed by atoms with Crippen molar-refractivity contribution < 1.29 is 4.79 Å². The van der Waals surface area contributed by atoms with Crippen molar-refractivity contribution in [2.45, 2.75) is 57.5 Å². The van der Waals surface area contributed by atoms with Crippen molar-refractivity contribution in [1.29, 1.82) is 0 Å². The van der Waals surface area contributed by atoms with Crippen molar-refractivity contribution in [2.75, 3.05) is 0 Å². The Hall–Kier alpha value is -0.370. The number of piperidine rings is 1. The van der Waals surface area contributed by atoms with E-state index in [0.29, 0.717) is 24.2 Å². The van der Waals surface area contributed by atoms with Gasteiger partial charge in [-0.25, -0.2) is 0 Å². The molecule has 0 unspecified atom stereocenters. The average Bonchev–Trinajstić information content (AvgIpc) is 2.02. The fourth-order valence-corrected chi connectivity index (χ4v) is 2.81. The van der Waals surface area contributed by atoms with Crippen LogP contribution in [0.3, 0.4) is 0 Å². The first kappa shape index (κ1) is 9.20. The molecule has 2 aliphatic rings. The van der Waals surface area contributed by atoms with E-state index >= 15 is 0 Å². The van der Waals surface area contributed by atoms with Gasteiger partial charge in [0.2, 0.25) is 0 Å². The third-order valence-corrected chi connectivity index (χ3v) is 3.37. The minimum absolute atomic E-state index is 0.0373. The third-order valence-electron chi connectivity index (χ3n) is 3.37. The van der Waals surface area contributed by atoms with Crippen molar-refractivity contribution in [3.05, 3.63) is 0 Å². The van der Waals surface area contributed by atoms with Crippen molar-refractivity contribution in [1.82, 2.24) is 5.32 Å². The molecule has 1 saturated carbocycles. The van der Waals surface area contributed by atoms with Gasteiger partial charge in [0.1, 0.15) is 5.78 Å². The van der Waals surface area contributed by atoms with Crippen LogP contribution in [0, 0.1) is 5.92 Å². The molecule has 0 radical (unpaired) electrons. The second-order valence-electron chi connectivity index (χ2n) is 5.17. The molecule has 1 aliphatic carbocycles. The molecule has 0 bridgehead atoms. The van der Waals surface area contributed by atoms with E-state index in [1.807, 2.05) is 0 Å². The summed E-state index contributed by atoms with van der Waals surface area (Å²) in [5.41, 5.74) is 0.0373.